The van der Waals surface area contributed by atoms with E-state index in [-0.39, 0.29) is 17.9 Å². The molecule has 2 N–H and O–H groups in total. The first-order valence-corrected chi connectivity index (χ1v) is 10.9. The number of rotatable bonds is 7. The van der Waals surface area contributed by atoms with E-state index >= 15 is 0 Å². The Balaban J connectivity index is 1.36. The number of thioether (sulfide) groups is 1. The number of carbonyl (C=O) groups excluding carboxylic acids is 2. The summed E-state index contributed by atoms with van der Waals surface area (Å²) in [7, 11) is 1.59. The summed E-state index contributed by atoms with van der Waals surface area (Å²) >= 11 is 1.47. The maximum absolute atomic E-state index is 12.6. The van der Waals surface area contributed by atoms with Crippen molar-refractivity contribution in [2.75, 3.05) is 31.4 Å². The summed E-state index contributed by atoms with van der Waals surface area (Å²) in [6.07, 6.45) is 2.21. The maximum atomic E-state index is 12.6. The van der Waals surface area contributed by atoms with Crippen molar-refractivity contribution in [2.24, 2.45) is 0 Å². The van der Waals surface area contributed by atoms with Crippen molar-refractivity contribution < 1.29 is 23.8 Å². The molecule has 0 aliphatic carbocycles. The minimum Gasteiger partial charge on any atom is -0.493 e. The van der Waals surface area contributed by atoms with E-state index in [0.29, 0.717) is 41.7 Å². The van der Waals surface area contributed by atoms with E-state index in [1.165, 1.54) is 11.8 Å². The normalized spacial score (nSPS) is 17.8. The molecule has 1 unspecified atom stereocenters. The van der Waals surface area contributed by atoms with Crippen LogP contribution in [0.25, 0.3) is 0 Å². The second-order valence-electron chi connectivity index (χ2n) is 7.16. The number of fused-ring (bicyclic) bond motifs is 1. The Morgan fingerprint density at radius 3 is 2.97 bits per heavy atom. The lowest BCUT2D eigenvalue weighted by Gasteiger charge is -2.17. The van der Waals surface area contributed by atoms with E-state index in [1.807, 2.05) is 24.3 Å². The number of ether oxygens (including phenoxy) is 3. The fourth-order valence-corrected chi connectivity index (χ4v) is 4.20. The van der Waals surface area contributed by atoms with Crippen molar-refractivity contribution >= 4 is 29.3 Å². The van der Waals surface area contributed by atoms with Crippen LogP contribution < -0.4 is 20.1 Å². The Kier molecular flexibility index (Phi) is 6.44. The maximum Gasteiger partial charge on any atom is 0.251 e. The van der Waals surface area contributed by atoms with Crippen molar-refractivity contribution in [3.05, 3.63) is 47.5 Å². The second-order valence-corrected chi connectivity index (χ2v) is 8.18. The molecule has 1 fully saturated rings. The highest BCUT2D eigenvalue weighted by Crippen LogP contribution is 2.32. The molecule has 8 heteroatoms. The summed E-state index contributed by atoms with van der Waals surface area (Å²) in [5.74, 6) is 1.41. The molecule has 4 rings (SSSR count). The molecule has 2 amide bonds. The molecule has 2 aliphatic rings. The summed E-state index contributed by atoms with van der Waals surface area (Å²) in [5, 5.41) is 5.71. The Morgan fingerprint density at radius 2 is 2.17 bits per heavy atom. The number of methoxy groups -OCH3 is 1. The summed E-state index contributed by atoms with van der Waals surface area (Å²) in [4.78, 5) is 25.1. The average molecular weight is 429 g/mol. The molecule has 2 aliphatic heterocycles. The molecule has 0 aromatic heterocycles. The van der Waals surface area contributed by atoms with Gasteiger partial charge in [-0.25, -0.2) is 0 Å². The molecule has 158 valence electrons. The molecular formula is C22H24N2O5S. The van der Waals surface area contributed by atoms with Crippen LogP contribution in [0.1, 0.15) is 28.8 Å². The first-order chi connectivity index (χ1) is 14.6. The molecule has 1 saturated heterocycles. The lowest BCUT2D eigenvalue weighted by molar-refractivity contribution is -0.113. The summed E-state index contributed by atoms with van der Waals surface area (Å²) in [6.45, 7) is 1.64. The number of nitrogens with one attached hydrogen (secondary N) is 2. The largest absolute Gasteiger partial charge is 0.493 e. The summed E-state index contributed by atoms with van der Waals surface area (Å²) in [5.41, 5.74) is 2.07. The van der Waals surface area contributed by atoms with Crippen molar-refractivity contribution in [1.29, 1.82) is 0 Å². The van der Waals surface area contributed by atoms with Gasteiger partial charge in [0.25, 0.3) is 5.91 Å². The lowest BCUT2D eigenvalue weighted by Crippen LogP contribution is -2.24. The Hall–Kier alpha value is -2.71. The molecule has 2 aromatic carbocycles. The molecule has 0 radical (unpaired) electrons. The van der Waals surface area contributed by atoms with Crippen molar-refractivity contribution in [2.45, 2.75) is 30.4 Å². The van der Waals surface area contributed by atoms with Gasteiger partial charge in [0.1, 0.15) is 6.61 Å². The lowest BCUT2D eigenvalue weighted by atomic mass is 10.1. The van der Waals surface area contributed by atoms with Gasteiger partial charge in [-0.2, -0.15) is 0 Å². The zero-order chi connectivity index (χ0) is 20.9. The van der Waals surface area contributed by atoms with Gasteiger partial charge in [0.05, 0.1) is 24.7 Å². The van der Waals surface area contributed by atoms with Crippen LogP contribution >= 0.6 is 11.8 Å². The van der Waals surface area contributed by atoms with E-state index in [1.54, 1.807) is 19.2 Å². The summed E-state index contributed by atoms with van der Waals surface area (Å²) in [6, 6.07) is 10.9. The third kappa shape index (κ3) is 4.88. The van der Waals surface area contributed by atoms with Gasteiger partial charge >= 0.3 is 0 Å². The molecular weight excluding hydrogens is 404 g/mol. The van der Waals surface area contributed by atoms with Crippen molar-refractivity contribution in [3.63, 3.8) is 0 Å². The van der Waals surface area contributed by atoms with E-state index < -0.39 is 0 Å². The van der Waals surface area contributed by atoms with Crippen molar-refractivity contribution in [3.8, 4) is 11.5 Å². The van der Waals surface area contributed by atoms with Crippen LogP contribution in [0.5, 0.6) is 11.5 Å². The number of carbonyl (C=O) groups is 2. The molecule has 2 heterocycles. The fraction of sp³-hybridized carbons (Fsp3) is 0.364. The number of anilines is 1. The quantitative estimate of drug-likeness (QED) is 0.704. The van der Waals surface area contributed by atoms with Crippen molar-refractivity contribution in [1.82, 2.24) is 5.32 Å². The predicted octanol–water partition coefficient (Wildman–Crippen LogP) is 3.23. The third-order valence-corrected chi connectivity index (χ3v) is 6.08. The molecule has 2 aromatic rings. The standard InChI is InChI=1S/C22H24N2O5S/c1-27-19-9-14(4-6-18(19)29-12-16-3-2-8-28-16)11-23-22(26)15-5-7-20-17(10-15)24-21(25)13-30-20/h4-7,9-10,16H,2-3,8,11-13H2,1H3,(H,23,26)(H,24,25). The van der Waals surface area contributed by atoms with Gasteiger partial charge in [-0.05, 0) is 48.7 Å². The number of benzene rings is 2. The first-order valence-electron chi connectivity index (χ1n) is 9.88. The highest BCUT2D eigenvalue weighted by molar-refractivity contribution is 8.00. The monoisotopic (exact) mass is 428 g/mol. The van der Waals surface area contributed by atoms with Crippen LogP contribution in [0.2, 0.25) is 0 Å². The van der Waals surface area contributed by atoms with Crippen LogP contribution in [-0.4, -0.2) is 44.0 Å². The highest BCUT2D eigenvalue weighted by atomic mass is 32.2. The van der Waals surface area contributed by atoms with Gasteiger partial charge in [-0.15, -0.1) is 11.8 Å². The van der Waals surface area contributed by atoms with Gasteiger partial charge < -0.3 is 24.8 Å². The Labute approximate surface area is 179 Å². The molecule has 0 bridgehead atoms. The van der Waals surface area contributed by atoms with Crippen LogP contribution in [0.4, 0.5) is 5.69 Å². The second kappa shape index (κ2) is 9.40. The van der Waals surface area contributed by atoms with Crippen LogP contribution in [0.15, 0.2) is 41.3 Å². The minimum atomic E-state index is -0.208. The fourth-order valence-electron chi connectivity index (χ4n) is 3.41. The minimum absolute atomic E-state index is 0.0565. The SMILES string of the molecule is COc1cc(CNC(=O)c2ccc3c(c2)NC(=O)CS3)ccc1OCC1CCCO1. The molecule has 7 nitrogen and oxygen atoms in total. The van der Waals surface area contributed by atoms with Gasteiger partial charge in [0, 0.05) is 23.6 Å². The van der Waals surface area contributed by atoms with Crippen LogP contribution in [-0.2, 0) is 16.1 Å². The number of amides is 2. The topological polar surface area (TPSA) is 85.9 Å². The van der Waals surface area contributed by atoms with Crippen LogP contribution in [0, 0.1) is 0 Å². The smallest absolute Gasteiger partial charge is 0.251 e. The van der Waals surface area contributed by atoms with Gasteiger partial charge in [-0.3, -0.25) is 9.59 Å². The van der Waals surface area contributed by atoms with E-state index in [0.717, 1.165) is 29.9 Å². The van der Waals surface area contributed by atoms with E-state index in [4.69, 9.17) is 14.2 Å². The predicted molar refractivity (Wildman–Crippen MR) is 114 cm³/mol. The molecule has 30 heavy (non-hydrogen) atoms. The Morgan fingerprint density at radius 1 is 1.27 bits per heavy atom. The van der Waals surface area contributed by atoms with Gasteiger partial charge in [-0.1, -0.05) is 6.07 Å². The molecule has 0 saturated carbocycles. The van der Waals surface area contributed by atoms with Gasteiger partial charge in [0.15, 0.2) is 11.5 Å². The number of hydrogen-bond acceptors (Lipinski definition) is 6. The molecule has 1 atom stereocenters. The highest BCUT2D eigenvalue weighted by Gasteiger charge is 2.18. The third-order valence-electron chi connectivity index (χ3n) is 5.00. The Bertz CT molecular complexity index is 943. The zero-order valence-electron chi connectivity index (χ0n) is 16.7. The first kappa shape index (κ1) is 20.6. The number of hydrogen-bond donors (Lipinski definition) is 2. The average Bonchev–Trinajstić information content (AvgIpc) is 3.29. The van der Waals surface area contributed by atoms with Crippen LogP contribution in [0.3, 0.4) is 0 Å². The van der Waals surface area contributed by atoms with Gasteiger partial charge in [0.2, 0.25) is 5.91 Å². The molecule has 0 spiro atoms. The summed E-state index contributed by atoms with van der Waals surface area (Å²) < 4.78 is 16.9. The van der Waals surface area contributed by atoms with E-state index in [2.05, 4.69) is 10.6 Å². The zero-order valence-corrected chi connectivity index (χ0v) is 17.6. The van der Waals surface area contributed by atoms with E-state index in [9.17, 15) is 9.59 Å².